The van der Waals surface area contributed by atoms with Gasteiger partial charge in [-0.1, -0.05) is 91.0 Å². The van der Waals surface area contributed by atoms with E-state index in [0.717, 1.165) is 23.3 Å². The van der Waals surface area contributed by atoms with Crippen molar-refractivity contribution >= 4 is 10.9 Å². The molecular formula is C26H20N2. The number of fused-ring (bicyclic) bond motifs is 1. The molecule has 0 radical (unpaired) electrons. The zero-order chi connectivity index (χ0) is 18.8. The van der Waals surface area contributed by atoms with Crippen molar-refractivity contribution < 1.29 is 0 Å². The number of pyridine rings is 1. The number of nitrogens with zero attached hydrogens (tertiary/aromatic N) is 2. The molecule has 28 heavy (non-hydrogen) atoms. The first-order valence-electron chi connectivity index (χ1n) is 9.52. The highest BCUT2D eigenvalue weighted by molar-refractivity contribution is 5.89. The molecule has 0 saturated heterocycles. The molecule has 0 saturated carbocycles. The Morgan fingerprint density at radius 2 is 1.25 bits per heavy atom. The van der Waals surface area contributed by atoms with Crippen LogP contribution in [-0.2, 0) is 6.54 Å². The van der Waals surface area contributed by atoms with Crippen molar-refractivity contribution in [2.45, 2.75) is 6.54 Å². The van der Waals surface area contributed by atoms with Crippen LogP contribution in [0.3, 0.4) is 0 Å². The average molecular weight is 360 g/mol. The van der Waals surface area contributed by atoms with E-state index in [1.54, 1.807) is 0 Å². The Hall–Kier alpha value is -3.65. The van der Waals surface area contributed by atoms with Gasteiger partial charge in [-0.25, -0.2) is 0 Å². The van der Waals surface area contributed by atoms with Gasteiger partial charge in [-0.05, 0) is 23.3 Å². The molecule has 2 aromatic heterocycles. The van der Waals surface area contributed by atoms with Crippen molar-refractivity contribution in [2.75, 3.05) is 0 Å². The van der Waals surface area contributed by atoms with Crippen molar-refractivity contribution in [3.8, 4) is 22.5 Å². The Kier molecular flexibility index (Phi) is 4.23. The van der Waals surface area contributed by atoms with Gasteiger partial charge in [0.05, 0.1) is 17.4 Å². The third kappa shape index (κ3) is 3.10. The minimum atomic E-state index is 0.820. The lowest BCUT2D eigenvalue weighted by molar-refractivity contribution is 0.843. The van der Waals surface area contributed by atoms with Crippen LogP contribution in [0.4, 0.5) is 0 Å². The number of hydrogen-bond acceptors (Lipinski definition) is 1. The molecule has 0 spiro atoms. The normalized spacial score (nSPS) is 11.0. The molecule has 0 amide bonds. The van der Waals surface area contributed by atoms with Crippen LogP contribution in [0.25, 0.3) is 33.4 Å². The molecule has 0 aliphatic heterocycles. The van der Waals surface area contributed by atoms with Crippen LogP contribution >= 0.6 is 0 Å². The zero-order valence-corrected chi connectivity index (χ0v) is 15.5. The first-order chi connectivity index (χ1) is 13.9. The molecule has 3 aromatic carbocycles. The number of hydrogen-bond donors (Lipinski definition) is 0. The fraction of sp³-hybridized carbons (Fsp3) is 0.0385. The van der Waals surface area contributed by atoms with E-state index >= 15 is 0 Å². The highest BCUT2D eigenvalue weighted by Gasteiger charge is 2.13. The van der Waals surface area contributed by atoms with Gasteiger partial charge in [-0.3, -0.25) is 4.98 Å². The molecule has 0 aliphatic carbocycles. The maximum atomic E-state index is 4.77. The van der Waals surface area contributed by atoms with Crippen molar-refractivity contribution in [1.82, 2.24) is 9.55 Å². The molecule has 2 heteroatoms. The zero-order valence-electron chi connectivity index (χ0n) is 15.5. The average Bonchev–Trinajstić information content (AvgIpc) is 3.13. The molecule has 5 aromatic rings. The van der Waals surface area contributed by atoms with E-state index in [0.29, 0.717) is 0 Å². The van der Waals surface area contributed by atoms with Gasteiger partial charge < -0.3 is 4.57 Å². The van der Waals surface area contributed by atoms with E-state index in [9.17, 15) is 0 Å². The Balaban J connectivity index is 1.68. The van der Waals surface area contributed by atoms with E-state index < -0.39 is 0 Å². The van der Waals surface area contributed by atoms with Crippen molar-refractivity contribution in [1.29, 1.82) is 0 Å². The van der Waals surface area contributed by atoms with Crippen LogP contribution in [0.15, 0.2) is 109 Å². The van der Waals surface area contributed by atoms with E-state index in [4.69, 9.17) is 4.98 Å². The van der Waals surface area contributed by atoms with E-state index in [1.165, 1.54) is 22.2 Å². The summed E-state index contributed by atoms with van der Waals surface area (Å²) < 4.78 is 2.36. The van der Waals surface area contributed by atoms with Gasteiger partial charge in [0, 0.05) is 23.2 Å². The SMILES string of the molecule is c1ccc(Cn2c(-c3ccccc3)cc3cc(-c4ccccc4)ncc32)cc1. The Morgan fingerprint density at radius 1 is 0.643 bits per heavy atom. The predicted octanol–water partition coefficient (Wildman–Crippen LogP) is 6.42. The Labute approximate surface area is 164 Å². The highest BCUT2D eigenvalue weighted by Crippen LogP contribution is 2.31. The van der Waals surface area contributed by atoms with Gasteiger partial charge in [0.25, 0.3) is 0 Å². The maximum absolute atomic E-state index is 4.77. The molecule has 2 heterocycles. The summed E-state index contributed by atoms with van der Waals surface area (Å²) in [4.78, 5) is 4.77. The Bertz CT molecular complexity index is 1210. The molecule has 5 rings (SSSR count). The standard InChI is InChI=1S/C26H20N2/c1-4-10-20(11-5-1)19-28-25(22-14-8-3-9-15-22)17-23-16-24(27-18-26(23)28)21-12-6-2-7-13-21/h1-18H,19H2. The summed E-state index contributed by atoms with van der Waals surface area (Å²) in [6.07, 6.45) is 2.01. The summed E-state index contributed by atoms with van der Waals surface area (Å²) in [6, 6.07) is 36.0. The van der Waals surface area contributed by atoms with Crippen LogP contribution in [0.5, 0.6) is 0 Å². The van der Waals surface area contributed by atoms with E-state index in [2.05, 4.69) is 102 Å². The highest BCUT2D eigenvalue weighted by atomic mass is 15.0. The molecule has 0 N–H and O–H groups in total. The smallest absolute Gasteiger partial charge is 0.0709 e. The lowest BCUT2D eigenvalue weighted by Gasteiger charge is -2.11. The summed E-state index contributed by atoms with van der Waals surface area (Å²) in [5, 5.41) is 1.21. The fourth-order valence-electron chi connectivity index (χ4n) is 3.71. The van der Waals surface area contributed by atoms with Crippen molar-refractivity contribution in [3.05, 3.63) is 115 Å². The lowest BCUT2D eigenvalue weighted by Crippen LogP contribution is -2.01. The third-order valence-electron chi connectivity index (χ3n) is 5.11. The number of benzene rings is 3. The number of aromatic nitrogens is 2. The fourth-order valence-corrected chi connectivity index (χ4v) is 3.71. The quantitative estimate of drug-likeness (QED) is 0.362. The largest absolute Gasteiger partial charge is 0.335 e. The molecule has 0 bridgehead atoms. The summed E-state index contributed by atoms with van der Waals surface area (Å²) in [5.41, 5.74) is 7.01. The Morgan fingerprint density at radius 3 is 1.93 bits per heavy atom. The minimum absolute atomic E-state index is 0.820. The summed E-state index contributed by atoms with van der Waals surface area (Å²) in [7, 11) is 0. The predicted molar refractivity (Wildman–Crippen MR) is 116 cm³/mol. The van der Waals surface area contributed by atoms with Gasteiger partial charge in [0.1, 0.15) is 0 Å². The first kappa shape index (κ1) is 16.5. The molecule has 0 aliphatic rings. The van der Waals surface area contributed by atoms with Crippen LogP contribution in [0.1, 0.15) is 5.56 Å². The van der Waals surface area contributed by atoms with Gasteiger partial charge in [0.2, 0.25) is 0 Å². The third-order valence-corrected chi connectivity index (χ3v) is 5.11. The molecular weight excluding hydrogens is 340 g/mol. The second-order valence-electron chi connectivity index (χ2n) is 6.96. The monoisotopic (exact) mass is 360 g/mol. The van der Waals surface area contributed by atoms with Crippen LogP contribution in [0, 0.1) is 0 Å². The maximum Gasteiger partial charge on any atom is 0.0709 e. The summed E-state index contributed by atoms with van der Waals surface area (Å²) >= 11 is 0. The van der Waals surface area contributed by atoms with E-state index in [1.807, 2.05) is 12.3 Å². The topological polar surface area (TPSA) is 17.8 Å². The van der Waals surface area contributed by atoms with Crippen LogP contribution in [-0.4, -0.2) is 9.55 Å². The van der Waals surface area contributed by atoms with E-state index in [-0.39, 0.29) is 0 Å². The molecule has 0 fully saturated rings. The lowest BCUT2D eigenvalue weighted by atomic mass is 10.1. The second kappa shape index (κ2) is 7.16. The van der Waals surface area contributed by atoms with Crippen LogP contribution < -0.4 is 0 Å². The molecule has 0 unspecified atom stereocenters. The van der Waals surface area contributed by atoms with Gasteiger partial charge >= 0.3 is 0 Å². The van der Waals surface area contributed by atoms with Gasteiger partial charge in [0.15, 0.2) is 0 Å². The number of rotatable bonds is 4. The second-order valence-corrected chi connectivity index (χ2v) is 6.96. The summed E-state index contributed by atoms with van der Waals surface area (Å²) in [5.74, 6) is 0. The first-order valence-corrected chi connectivity index (χ1v) is 9.52. The molecule has 134 valence electrons. The summed E-state index contributed by atoms with van der Waals surface area (Å²) in [6.45, 7) is 0.820. The molecule has 2 nitrogen and oxygen atoms in total. The minimum Gasteiger partial charge on any atom is -0.335 e. The van der Waals surface area contributed by atoms with Gasteiger partial charge in [-0.2, -0.15) is 0 Å². The van der Waals surface area contributed by atoms with Crippen LogP contribution in [0.2, 0.25) is 0 Å². The van der Waals surface area contributed by atoms with Crippen molar-refractivity contribution in [3.63, 3.8) is 0 Å². The molecule has 0 atom stereocenters. The van der Waals surface area contributed by atoms with Crippen molar-refractivity contribution in [2.24, 2.45) is 0 Å². The van der Waals surface area contributed by atoms with Gasteiger partial charge in [-0.15, -0.1) is 0 Å².